The van der Waals surface area contributed by atoms with Crippen LogP contribution in [0.25, 0.3) is 22.8 Å². The number of nitrogens with zero attached hydrogens (tertiary/aromatic N) is 4. The van der Waals surface area contributed by atoms with Gasteiger partial charge in [-0.2, -0.15) is 10.1 Å². The summed E-state index contributed by atoms with van der Waals surface area (Å²) >= 11 is 0. The van der Waals surface area contributed by atoms with Crippen LogP contribution in [-0.2, 0) is 6.54 Å². The fraction of sp³-hybridized carbons (Fsp3) is 0.158. The maximum Gasteiger partial charge on any atom is 0.243 e. The SMILES string of the molecule is C[C@@H](NCc1cn[nH]c1-c1ccc(F)cc1F)c1nc(-c2ccccn2)no1. The molecule has 142 valence electrons. The molecule has 0 spiro atoms. The number of halogens is 2. The van der Waals surface area contributed by atoms with E-state index < -0.39 is 11.6 Å². The van der Waals surface area contributed by atoms with Crippen LogP contribution in [0, 0.1) is 11.6 Å². The molecule has 1 atom stereocenters. The van der Waals surface area contributed by atoms with Crippen molar-refractivity contribution in [3.05, 3.63) is 71.9 Å². The molecule has 4 aromatic rings. The Hall–Kier alpha value is -3.46. The van der Waals surface area contributed by atoms with Crippen molar-refractivity contribution in [2.24, 2.45) is 0 Å². The van der Waals surface area contributed by atoms with Gasteiger partial charge in [0, 0.05) is 29.9 Å². The van der Waals surface area contributed by atoms with Gasteiger partial charge in [-0.3, -0.25) is 10.1 Å². The largest absolute Gasteiger partial charge is 0.337 e. The van der Waals surface area contributed by atoms with Crippen LogP contribution in [0.4, 0.5) is 8.78 Å². The Labute approximate surface area is 158 Å². The van der Waals surface area contributed by atoms with E-state index in [2.05, 4.69) is 30.6 Å². The zero-order chi connectivity index (χ0) is 19.5. The predicted octanol–water partition coefficient (Wildman–Crippen LogP) is 3.65. The average Bonchev–Trinajstić information content (AvgIpc) is 3.37. The van der Waals surface area contributed by atoms with E-state index in [1.165, 1.54) is 12.1 Å². The van der Waals surface area contributed by atoms with Gasteiger partial charge in [0.05, 0.1) is 17.9 Å². The van der Waals surface area contributed by atoms with E-state index in [4.69, 9.17) is 4.52 Å². The summed E-state index contributed by atoms with van der Waals surface area (Å²) in [5, 5.41) is 13.9. The molecule has 9 heteroatoms. The second-order valence-corrected chi connectivity index (χ2v) is 6.17. The number of H-pyrrole nitrogens is 1. The highest BCUT2D eigenvalue weighted by Crippen LogP contribution is 2.25. The van der Waals surface area contributed by atoms with Crippen LogP contribution in [-0.4, -0.2) is 25.3 Å². The molecular weight excluding hydrogens is 366 g/mol. The van der Waals surface area contributed by atoms with E-state index in [0.717, 1.165) is 11.6 Å². The molecule has 2 N–H and O–H groups in total. The molecule has 0 fully saturated rings. The van der Waals surface area contributed by atoms with E-state index in [1.54, 1.807) is 24.5 Å². The lowest BCUT2D eigenvalue weighted by molar-refractivity contribution is 0.339. The highest BCUT2D eigenvalue weighted by atomic mass is 19.1. The quantitative estimate of drug-likeness (QED) is 0.529. The minimum atomic E-state index is -0.657. The van der Waals surface area contributed by atoms with Gasteiger partial charge < -0.3 is 9.84 Å². The average molecular weight is 382 g/mol. The minimum Gasteiger partial charge on any atom is -0.337 e. The molecule has 0 bridgehead atoms. The summed E-state index contributed by atoms with van der Waals surface area (Å²) in [7, 11) is 0. The first-order valence-corrected chi connectivity index (χ1v) is 8.58. The molecule has 0 saturated heterocycles. The second-order valence-electron chi connectivity index (χ2n) is 6.17. The monoisotopic (exact) mass is 382 g/mol. The number of rotatable bonds is 6. The van der Waals surface area contributed by atoms with Crippen molar-refractivity contribution >= 4 is 0 Å². The summed E-state index contributed by atoms with van der Waals surface area (Å²) in [4.78, 5) is 8.54. The van der Waals surface area contributed by atoms with Crippen LogP contribution in [0.3, 0.4) is 0 Å². The van der Waals surface area contributed by atoms with Crippen LogP contribution >= 0.6 is 0 Å². The van der Waals surface area contributed by atoms with Crippen molar-refractivity contribution in [2.45, 2.75) is 19.5 Å². The lowest BCUT2D eigenvalue weighted by Gasteiger charge is -2.10. The van der Waals surface area contributed by atoms with Gasteiger partial charge in [0.1, 0.15) is 17.3 Å². The van der Waals surface area contributed by atoms with Crippen molar-refractivity contribution in [1.82, 2.24) is 30.6 Å². The van der Waals surface area contributed by atoms with Crippen LogP contribution < -0.4 is 5.32 Å². The zero-order valence-corrected chi connectivity index (χ0v) is 14.9. The standard InChI is InChI=1S/C19H16F2N6O/c1-11(19-25-18(27-28-19)16-4-2-3-7-22-16)23-9-12-10-24-26-17(12)14-6-5-13(20)8-15(14)21/h2-8,10-11,23H,9H2,1H3,(H,24,26)/t11-/m1/s1. The van der Waals surface area contributed by atoms with Crippen LogP contribution in [0.15, 0.2) is 53.3 Å². The molecule has 0 amide bonds. The Morgan fingerprint density at radius 1 is 1.21 bits per heavy atom. The van der Waals surface area contributed by atoms with Gasteiger partial charge >= 0.3 is 0 Å². The highest BCUT2D eigenvalue weighted by Gasteiger charge is 2.18. The van der Waals surface area contributed by atoms with Crippen molar-refractivity contribution in [3.8, 4) is 22.8 Å². The molecule has 0 radical (unpaired) electrons. The van der Waals surface area contributed by atoms with Crippen molar-refractivity contribution < 1.29 is 13.3 Å². The Balaban J connectivity index is 1.47. The van der Waals surface area contributed by atoms with Gasteiger partial charge in [-0.1, -0.05) is 11.2 Å². The molecule has 3 heterocycles. The van der Waals surface area contributed by atoms with Crippen LogP contribution in [0.5, 0.6) is 0 Å². The highest BCUT2D eigenvalue weighted by molar-refractivity contribution is 5.63. The van der Waals surface area contributed by atoms with E-state index in [1.807, 2.05) is 13.0 Å². The first-order chi connectivity index (χ1) is 13.6. The molecule has 0 unspecified atom stereocenters. The summed E-state index contributed by atoms with van der Waals surface area (Å²) in [6.07, 6.45) is 3.24. The van der Waals surface area contributed by atoms with E-state index in [0.29, 0.717) is 29.6 Å². The Morgan fingerprint density at radius 3 is 2.89 bits per heavy atom. The van der Waals surface area contributed by atoms with Crippen LogP contribution in [0.1, 0.15) is 24.4 Å². The van der Waals surface area contributed by atoms with Crippen molar-refractivity contribution in [1.29, 1.82) is 0 Å². The normalized spacial score (nSPS) is 12.2. The van der Waals surface area contributed by atoms with E-state index >= 15 is 0 Å². The number of benzene rings is 1. The van der Waals surface area contributed by atoms with Gasteiger partial charge in [-0.15, -0.1) is 0 Å². The molecule has 4 rings (SSSR count). The fourth-order valence-corrected chi connectivity index (χ4v) is 2.73. The summed E-state index contributed by atoms with van der Waals surface area (Å²) < 4.78 is 32.5. The molecule has 0 aliphatic rings. The Morgan fingerprint density at radius 2 is 2.11 bits per heavy atom. The molecular formula is C19H16F2N6O. The minimum absolute atomic E-state index is 0.249. The van der Waals surface area contributed by atoms with Gasteiger partial charge in [0.25, 0.3) is 0 Å². The number of hydrogen-bond acceptors (Lipinski definition) is 6. The smallest absolute Gasteiger partial charge is 0.243 e. The molecule has 0 aliphatic heterocycles. The summed E-state index contributed by atoms with van der Waals surface area (Å²) in [5.74, 6) is -0.482. The zero-order valence-electron chi connectivity index (χ0n) is 14.9. The summed E-state index contributed by atoms with van der Waals surface area (Å²) in [5.41, 5.74) is 2.07. The molecule has 28 heavy (non-hydrogen) atoms. The molecule has 7 nitrogen and oxygen atoms in total. The number of hydrogen-bond donors (Lipinski definition) is 2. The predicted molar refractivity (Wildman–Crippen MR) is 96.7 cm³/mol. The number of aromatic amines is 1. The number of pyridine rings is 1. The van der Waals surface area contributed by atoms with Gasteiger partial charge in [0.15, 0.2) is 0 Å². The Bertz CT molecular complexity index is 1080. The van der Waals surface area contributed by atoms with Crippen molar-refractivity contribution in [3.63, 3.8) is 0 Å². The van der Waals surface area contributed by atoms with Crippen molar-refractivity contribution in [2.75, 3.05) is 0 Å². The van der Waals surface area contributed by atoms with Crippen LogP contribution in [0.2, 0.25) is 0 Å². The first kappa shape index (κ1) is 17.9. The van der Waals surface area contributed by atoms with E-state index in [9.17, 15) is 8.78 Å². The third-order valence-electron chi connectivity index (χ3n) is 4.22. The number of nitrogens with one attached hydrogen (secondary N) is 2. The van der Waals surface area contributed by atoms with Gasteiger partial charge in [0.2, 0.25) is 11.7 Å². The first-order valence-electron chi connectivity index (χ1n) is 8.58. The summed E-state index contributed by atoms with van der Waals surface area (Å²) in [6.45, 7) is 2.24. The fourth-order valence-electron chi connectivity index (χ4n) is 2.73. The molecule has 0 saturated carbocycles. The third-order valence-corrected chi connectivity index (χ3v) is 4.22. The maximum absolute atomic E-state index is 14.1. The lowest BCUT2D eigenvalue weighted by atomic mass is 10.1. The molecule has 0 aliphatic carbocycles. The molecule has 1 aromatic carbocycles. The molecule has 3 aromatic heterocycles. The maximum atomic E-state index is 14.1. The number of aromatic nitrogens is 5. The lowest BCUT2D eigenvalue weighted by Crippen LogP contribution is -2.18. The second kappa shape index (κ2) is 7.65. The topological polar surface area (TPSA) is 92.5 Å². The third kappa shape index (κ3) is 3.65. The van der Waals surface area contributed by atoms with Gasteiger partial charge in [-0.05, 0) is 31.2 Å². The summed E-state index contributed by atoms with van der Waals surface area (Å²) in [6, 6.07) is 8.61. The Kier molecular flexibility index (Phi) is 4.90. The van der Waals surface area contributed by atoms with E-state index in [-0.39, 0.29) is 11.6 Å². The van der Waals surface area contributed by atoms with Gasteiger partial charge in [-0.25, -0.2) is 8.78 Å².